The molecule has 2 unspecified atom stereocenters. The number of amides is 1. The maximum Gasteiger partial charge on any atom is 0.407 e. The van der Waals surface area contributed by atoms with E-state index in [9.17, 15) is 4.79 Å². The first-order chi connectivity index (χ1) is 8.50. The smallest absolute Gasteiger partial charge is 0.407 e. The summed E-state index contributed by atoms with van der Waals surface area (Å²) >= 11 is 11.9. The molecule has 1 fully saturated rings. The molecule has 0 bridgehead atoms. The first kappa shape index (κ1) is 13.5. The number of rotatable bonds is 2. The molecule has 0 aliphatic carbocycles. The highest BCUT2D eigenvalue weighted by molar-refractivity contribution is 6.42. The standard InChI is InChI=1S/C12H14Cl2N2O2/c1-16(12(17)18)11-6-15-5-8(11)7-2-3-9(13)10(14)4-7/h2-4,8,11,15H,5-6H2,1H3,(H,17,18). The molecular weight excluding hydrogens is 275 g/mol. The second-order valence-electron chi connectivity index (χ2n) is 4.40. The number of carboxylic acid groups (broad SMARTS) is 1. The van der Waals surface area contributed by atoms with E-state index in [0.29, 0.717) is 16.6 Å². The lowest BCUT2D eigenvalue weighted by Gasteiger charge is -2.27. The molecule has 1 aromatic rings. The highest BCUT2D eigenvalue weighted by Gasteiger charge is 2.33. The van der Waals surface area contributed by atoms with Gasteiger partial charge in [0.2, 0.25) is 0 Å². The second kappa shape index (κ2) is 5.34. The SMILES string of the molecule is CN(C(=O)O)C1CNCC1c1ccc(Cl)c(Cl)c1. The minimum absolute atomic E-state index is 0.0836. The highest BCUT2D eigenvalue weighted by atomic mass is 35.5. The predicted octanol–water partition coefficient (Wildman–Crippen LogP) is 2.66. The summed E-state index contributed by atoms with van der Waals surface area (Å²) in [7, 11) is 1.59. The van der Waals surface area contributed by atoms with Gasteiger partial charge in [0, 0.05) is 26.1 Å². The quantitative estimate of drug-likeness (QED) is 0.880. The summed E-state index contributed by atoms with van der Waals surface area (Å²) in [6.45, 7) is 1.38. The number of nitrogens with one attached hydrogen (secondary N) is 1. The zero-order valence-electron chi connectivity index (χ0n) is 9.86. The average Bonchev–Trinajstić information content (AvgIpc) is 2.80. The summed E-state index contributed by atoms with van der Waals surface area (Å²) in [5.41, 5.74) is 1.01. The van der Waals surface area contributed by atoms with Crippen LogP contribution in [0.1, 0.15) is 11.5 Å². The van der Waals surface area contributed by atoms with E-state index in [1.54, 1.807) is 13.1 Å². The van der Waals surface area contributed by atoms with Crippen LogP contribution in [0.2, 0.25) is 10.0 Å². The van der Waals surface area contributed by atoms with Crippen LogP contribution in [-0.2, 0) is 0 Å². The Balaban J connectivity index is 2.25. The Kier molecular flexibility index (Phi) is 4.00. The van der Waals surface area contributed by atoms with Crippen LogP contribution in [0.3, 0.4) is 0 Å². The van der Waals surface area contributed by atoms with E-state index in [1.165, 1.54) is 4.90 Å². The fraction of sp³-hybridized carbons (Fsp3) is 0.417. The van der Waals surface area contributed by atoms with Gasteiger partial charge in [0.05, 0.1) is 16.1 Å². The molecule has 2 atom stereocenters. The Morgan fingerprint density at radius 1 is 1.39 bits per heavy atom. The first-order valence-corrected chi connectivity index (χ1v) is 6.37. The van der Waals surface area contributed by atoms with Gasteiger partial charge < -0.3 is 15.3 Å². The molecule has 98 valence electrons. The molecule has 2 rings (SSSR count). The van der Waals surface area contributed by atoms with Crippen LogP contribution in [0.5, 0.6) is 0 Å². The first-order valence-electron chi connectivity index (χ1n) is 5.62. The number of hydrogen-bond acceptors (Lipinski definition) is 2. The Morgan fingerprint density at radius 3 is 2.72 bits per heavy atom. The fourth-order valence-corrected chi connectivity index (χ4v) is 2.60. The van der Waals surface area contributed by atoms with Crippen molar-refractivity contribution in [1.29, 1.82) is 0 Å². The van der Waals surface area contributed by atoms with Gasteiger partial charge in [-0.05, 0) is 17.7 Å². The van der Waals surface area contributed by atoms with Crippen LogP contribution in [0.25, 0.3) is 0 Å². The van der Waals surface area contributed by atoms with Gasteiger partial charge in [0.1, 0.15) is 0 Å². The predicted molar refractivity (Wildman–Crippen MR) is 71.6 cm³/mol. The largest absolute Gasteiger partial charge is 0.465 e. The maximum atomic E-state index is 11.0. The zero-order valence-corrected chi connectivity index (χ0v) is 11.4. The van der Waals surface area contributed by atoms with Crippen molar-refractivity contribution in [2.45, 2.75) is 12.0 Å². The molecule has 1 aliphatic rings. The molecule has 1 amide bonds. The van der Waals surface area contributed by atoms with Crippen LogP contribution in [0, 0.1) is 0 Å². The average molecular weight is 289 g/mol. The van der Waals surface area contributed by atoms with Crippen LogP contribution in [0.15, 0.2) is 18.2 Å². The van der Waals surface area contributed by atoms with Crippen molar-refractivity contribution in [3.8, 4) is 0 Å². The third-order valence-corrected chi connectivity index (χ3v) is 4.09. The summed E-state index contributed by atoms with van der Waals surface area (Å²) < 4.78 is 0. The molecule has 1 aromatic carbocycles. The Labute approximate surface area is 115 Å². The molecule has 0 aromatic heterocycles. The topological polar surface area (TPSA) is 52.6 Å². The van der Waals surface area contributed by atoms with Crippen LogP contribution < -0.4 is 5.32 Å². The van der Waals surface area contributed by atoms with Crippen molar-refractivity contribution in [1.82, 2.24) is 10.2 Å². The van der Waals surface area contributed by atoms with Crippen molar-refractivity contribution >= 4 is 29.3 Å². The van der Waals surface area contributed by atoms with Crippen molar-refractivity contribution in [2.24, 2.45) is 0 Å². The van der Waals surface area contributed by atoms with E-state index in [1.807, 2.05) is 12.1 Å². The Bertz CT molecular complexity index is 467. The fourth-order valence-electron chi connectivity index (χ4n) is 2.30. The summed E-state index contributed by atoms with van der Waals surface area (Å²) in [6, 6.07) is 5.37. The van der Waals surface area contributed by atoms with Gasteiger partial charge in [-0.15, -0.1) is 0 Å². The van der Waals surface area contributed by atoms with Crippen LogP contribution in [0.4, 0.5) is 4.79 Å². The third-order valence-electron chi connectivity index (χ3n) is 3.35. The third kappa shape index (κ3) is 2.55. The van der Waals surface area contributed by atoms with E-state index in [2.05, 4.69) is 5.32 Å². The lowest BCUT2D eigenvalue weighted by Crippen LogP contribution is -2.40. The summed E-state index contributed by atoms with van der Waals surface area (Å²) in [4.78, 5) is 12.4. The van der Waals surface area contributed by atoms with Crippen LogP contribution >= 0.6 is 23.2 Å². The number of benzene rings is 1. The van der Waals surface area contributed by atoms with Gasteiger partial charge in [-0.2, -0.15) is 0 Å². The molecule has 1 saturated heterocycles. The van der Waals surface area contributed by atoms with E-state index in [-0.39, 0.29) is 12.0 Å². The van der Waals surface area contributed by atoms with Gasteiger partial charge in [-0.3, -0.25) is 0 Å². The highest BCUT2D eigenvalue weighted by Crippen LogP contribution is 2.31. The Morgan fingerprint density at radius 2 is 2.11 bits per heavy atom. The molecule has 1 heterocycles. The van der Waals surface area contributed by atoms with Crippen molar-refractivity contribution in [2.75, 3.05) is 20.1 Å². The maximum absolute atomic E-state index is 11.0. The number of nitrogens with zero attached hydrogens (tertiary/aromatic N) is 1. The Hall–Kier alpha value is -0.970. The number of carbonyl (C=O) groups is 1. The zero-order chi connectivity index (χ0) is 13.3. The molecular formula is C12H14Cl2N2O2. The van der Waals surface area contributed by atoms with Gasteiger partial charge >= 0.3 is 6.09 Å². The van der Waals surface area contributed by atoms with Gasteiger partial charge in [-0.1, -0.05) is 29.3 Å². The molecule has 4 nitrogen and oxygen atoms in total. The molecule has 6 heteroatoms. The normalized spacial score (nSPS) is 23.1. The minimum Gasteiger partial charge on any atom is -0.465 e. The summed E-state index contributed by atoms with van der Waals surface area (Å²) in [5, 5.41) is 13.3. The molecule has 2 N–H and O–H groups in total. The van der Waals surface area contributed by atoms with Crippen molar-refractivity contribution in [3.63, 3.8) is 0 Å². The summed E-state index contributed by atoms with van der Waals surface area (Å²) in [6.07, 6.45) is -0.922. The van der Waals surface area contributed by atoms with E-state index >= 15 is 0 Å². The van der Waals surface area contributed by atoms with E-state index < -0.39 is 6.09 Å². The molecule has 0 spiro atoms. The molecule has 1 aliphatic heterocycles. The lowest BCUT2D eigenvalue weighted by molar-refractivity contribution is 0.138. The van der Waals surface area contributed by atoms with E-state index in [0.717, 1.165) is 12.1 Å². The lowest BCUT2D eigenvalue weighted by atomic mass is 9.94. The molecule has 0 radical (unpaired) electrons. The number of halogens is 2. The van der Waals surface area contributed by atoms with Gasteiger partial charge in [0.25, 0.3) is 0 Å². The minimum atomic E-state index is -0.922. The second-order valence-corrected chi connectivity index (χ2v) is 5.21. The van der Waals surface area contributed by atoms with Crippen LogP contribution in [-0.4, -0.2) is 42.3 Å². The van der Waals surface area contributed by atoms with Gasteiger partial charge in [0.15, 0.2) is 0 Å². The monoisotopic (exact) mass is 288 g/mol. The number of hydrogen-bond donors (Lipinski definition) is 2. The van der Waals surface area contributed by atoms with Crippen molar-refractivity contribution < 1.29 is 9.90 Å². The summed E-state index contributed by atoms with van der Waals surface area (Å²) in [5.74, 6) is 0.0980. The number of likely N-dealkylation sites (N-methyl/N-ethyl adjacent to an activating group) is 1. The van der Waals surface area contributed by atoms with E-state index in [4.69, 9.17) is 28.3 Å². The van der Waals surface area contributed by atoms with Crippen molar-refractivity contribution in [3.05, 3.63) is 33.8 Å². The molecule has 0 saturated carbocycles. The molecule has 18 heavy (non-hydrogen) atoms. The van der Waals surface area contributed by atoms with Gasteiger partial charge in [-0.25, -0.2) is 4.79 Å².